The topological polar surface area (TPSA) is 96.0 Å². The fraction of sp³-hybridized carbons (Fsp3) is 0.355. The summed E-state index contributed by atoms with van der Waals surface area (Å²) in [6.07, 6.45) is 2.58. The minimum atomic E-state index is -4.25. The number of hydrogen-bond acceptors (Lipinski definition) is 6. The van der Waals surface area contributed by atoms with Gasteiger partial charge in [-0.2, -0.15) is 0 Å². The quantitative estimate of drug-likeness (QED) is 0.242. The zero-order valence-corrected chi connectivity index (χ0v) is 26.2. The number of anilines is 1. The number of rotatable bonds is 14. The molecular weight excluding hydrogens is 577 g/mol. The minimum Gasteiger partial charge on any atom is -0.492 e. The van der Waals surface area contributed by atoms with E-state index in [2.05, 4.69) is 5.32 Å². The molecule has 2 atom stereocenters. The van der Waals surface area contributed by atoms with Crippen LogP contribution in [0.1, 0.15) is 39.7 Å². The summed E-state index contributed by atoms with van der Waals surface area (Å²) in [7, 11) is -4.25. The van der Waals surface area contributed by atoms with Crippen LogP contribution in [0, 0.1) is 5.82 Å². The van der Waals surface area contributed by atoms with Crippen molar-refractivity contribution in [2.75, 3.05) is 23.7 Å². The Morgan fingerprint density at radius 2 is 1.62 bits per heavy atom. The van der Waals surface area contributed by atoms with E-state index in [0.717, 1.165) is 9.20 Å². The SMILES string of the molecule is CCOc1ccccc1N(CC(=O)N(Cc1ccc(F)cc1)[C@@H](C)C(=O)N[C@H](C)CC)S(=O)(=O)c1ccc(SC)cc1. The number of halogens is 1. The second-order valence-electron chi connectivity index (χ2n) is 9.73. The van der Waals surface area contributed by atoms with Crippen molar-refractivity contribution in [2.24, 2.45) is 0 Å². The average Bonchev–Trinajstić information content (AvgIpc) is 2.99. The molecule has 11 heteroatoms. The van der Waals surface area contributed by atoms with Gasteiger partial charge >= 0.3 is 0 Å². The van der Waals surface area contributed by atoms with Crippen molar-refractivity contribution < 1.29 is 27.1 Å². The lowest BCUT2D eigenvalue weighted by Gasteiger charge is -2.33. The van der Waals surface area contributed by atoms with Crippen LogP contribution in [-0.2, 0) is 26.2 Å². The number of carbonyl (C=O) groups excluding carboxylic acids is 2. The van der Waals surface area contributed by atoms with Crippen molar-refractivity contribution in [3.05, 3.63) is 84.2 Å². The lowest BCUT2D eigenvalue weighted by molar-refractivity contribution is -0.139. The summed E-state index contributed by atoms with van der Waals surface area (Å²) in [5, 5.41) is 2.89. The number of sulfonamides is 1. The zero-order chi connectivity index (χ0) is 30.9. The molecule has 0 heterocycles. The van der Waals surface area contributed by atoms with Crippen LogP contribution in [0.3, 0.4) is 0 Å². The van der Waals surface area contributed by atoms with Crippen molar-refractivity contribution in [3.63, 3.8) is 0 Å². The van der Waals surface area contributed by atoms with Gasteiger partial charge in [-0.15, -0.1) is 11.8 Å². The van der Waals surface area contributed by atoms with Gasteiger partial charge in [0.2, 0.25) is 11.8 Å². The first-order valence-corrected chi connectivity index (χ1v) is 16.4. The normalized spacial score (nSPS) is 12.7. The predicted molar refractivity (Wildman–Crippen MR) is 165 cm³/mol. The van der Waals surface area contributed by atoms with Gasteiger partial charge in [-0.3, -0.25) is 13.9 Å². The molecule has 0 bridgehead atoms. The number of carbonyl (C=O) groups is 2. The molecule has 0 radical (unpaired) electrons. The minimum absolute atomic E-state index is 0.00653. The highest BCUT2D eigenvalue weighted by Gasteiger charge is 2.34. The Kier molecular flexibility index (Phi) is 11.8. The van der Waals surface area contributed by atoms with Crippen LogP contribution in [-0.4, -0.2) is 56.6 Å². The molecule has 0 saturated carbocycles. The Labute approximate surface area is 252 Å². The first-order chi connectivity index (χ1) is 20.0. The van der Waals surface area contributed by atoms with E-state index in [1.165, 1.54) is 53.1 Å². The molecule has 3 aromatic carbocycles. The maximum Gasteiger partial charge on any atom is 0.264 e. The van der Waals surface area contributed by atoms with E-state index < -0.39 is 34.3 Å². The van der Waals surface area contributed by atoms with Crippen molar-refractivity contribution in [2.45, 2.75) is 62.5 Å². The summed E-state index contributed by atoms with van der Waals surface area (Å²) in [6.45, 7) is 6.82. The van der Waals surface area contributed by atoms with Gasteiger partial charge in [0.05, 0.1) is 17.2 Å². The third kappa shape index (κ3) is 8.25. The van der Waals surface area contributed by atoms with Crippen LogP contribution < -0.4 is 14.4 Å². The zero-order valence-electron chi connectivity index (χ0n) is 24.5. The molecule has 42 heavy (non-hydrogen) atoms. The molecule has 8 nitrogen and oxygen atoms in total. The smallest absolute Gasteiger partial charge is 0.264 e. The molecule has 0 saturated heterocycles. The molecule has 3 aromatic rings. The second-order valence-corrected chi connectivity index (χ2v) is 12.5. The average molecular weight is 616 g/mol. The summed E-state index contributed by atoms with van der Waals surface area (Å²) in [5.74, 6) is -1.13. The third-order valence-electron chi connectivity index (χ3n) is 6.79. The molecule has 0 unspecified atom stereocenters. The third-order valence-corrected chi connectivity index (χ3v) is 9.31. The summed E-state index contributed by atoms with van der Waals surface area (Å²) in [6, 6.07) is 17.6. The fourth-order valence-corrected chi connectivity index (χ4v) is 6.00. The lowest BCUT2D eigenvalue weighted by Crippen LogP contribution is -2.52. The number of para-hydroxylation sites is 2. The van der Waals surface area contributed by atoms with E-state index in [0.29, 0.717) is 17.7 Å². The second kappa shape index (κ2) is 15.1. The van der Waals surface area contributed by atoms with Crippen molar-refractivity contribution in [3.8, 4) is 5.75 Å². The number of thioether (sulfide) groups is 1. The van der Waals surface area contributed by atoms with Gasteiger partial charge in [-0.25, -0.2) is 12.8 Å². The van der Waals surface area contributed by atoms with Crippen LogP contribution in [0.2, 0.25) is 0 Å². The van der Waals surface area contributed by atoms with Crippen LogP contribution >= 0.6 is 11.8 Å². The van der Waals surface area contributed by atoms with Gasteiger partial charge < -0.3 is 15.0 Å². The van der Waals surface area contributed by atoms with Gasteiger partial charge in [0.15, 0.2) is 0 Å². The first kappa shape index (κ1) is 32.9. The summed E-state index contributed by atoms with van der Waals surface area (Å²) in [5.41, 5.74) is 0.782. The lowest BCUT2D eigenvalue weighted by atomic mass is 10.1. The monoisotopic (exact) mass is 615 g/mol. The van der Waals surface area contributed by atoms with Crippen LogP contribution in [0.5, 0.6) is 5.75 Å². The molecule has 0 aliphatic carbocycles. The summed E-state index contributed by atoms with van der Waals surface area (Å²) >= 11 is 1.48. The van der Waals surface area contributed by atoms with Gasteiger partial charge in [-0.1, -0.05) is 31.2 Å². The number of hydrogen-bond donors (Lipinski definition) is 1. The van der Waals surface area contributed by atoms with E-state index in [-0.39, 0.29) is 35.7 Å². The molecule has 0 fully saturated rings. The number of nitrogens with one attached hydrogen (secondary N) is 1. The number of ether oxygens (including phenoxy) is 1. The molecule has 3 rings (SSSR count). The van der Waals surface area contributed by atoms with Gasteiger partial charge in [0.25, 0.3) is 10.0 Å². The molecule has 2 amide bonds. The summed E-state index contributed by atoms with van der Waals surface area (Å²) < 4.78 is 48.6. The Bertz CT molecular complexity index is 1450. The number of benzene rings is 3. The summed E-state index contributed by atoms with van der Waals surface area (Å²) in [4.78, 5) is 29.4. The fourth-order valence-electron chi connectivity index (χ4n) is 4.16. The van der Waals surface area contributed by atoms with Crippen LogP contribution in [0.4, 0.5) is 10.1 Å². The van der Waals surface area contributed by atoms with Gasteiger partial charge in [0, 0.05) is 17.5 Å². The Morgan fingerprint density at radius 3 is 2.21 bits per heavy atom. The molecule has 0 spiro atoms. The molecule has 226 valence electrons. The largest absolute Gasteiger partial charge is 0.492 e. The van der Waals surface area contributed by atoms with E-state index in [1.807, 2.05) is 20.1 Å². The highest BCUT2D eigenvalue weighted by atomic mass is 32.2. The maximum atomic E-state index is 14.1. The highest BCUT2D eigenvalue weighted by molar-refractivity contribution is 7.98. The van der Waals surface area contributed by atoms with E-state index in [1.54, 1.807) is 50.2 Å². The Hall–Kier alpha value is -3.57. The van der Waals surface area contributed by atoms with Crippen molar-refractivity contribution >= 4 is 39.3 Å². The predicted octanol–water partition coefficient (Wildman–Crippen LogP) is 5.47. The van der Waals surface area contributed by atoms with Crippen molar-refractivity contribution in [1.82, 2.24) is 10.2 Å². The van der Waals surface area contributed by atoms with E-state index >= 15 is 0 Å². The molecule has 0 aliphatic heterocycles. The molecule has 0 aliphatic rings. The maximum absolute atomic E-state index is 14.1. The molecule has 0 aromatic heterocycles. The van der Waals surface area contributed by atoms with Gasteiger partial charge in [-0.05, 0) is 87.5 Å². The Balaban J connectivity index is 2.07. The standard InChI is InChI=1S/C31H38FN3O5S2/c1-6-22(3)33-31(37)23(4)34(20-24-12-14-25(32)15-13-24)30(36)21-35(28-10-8-9-11-29(28)40-7-2)42(38,39)27-18-16-26(41-5)17-19-27/h8-19,22-23H,6-7,20-21H2,1-5H3,(H,33,37)/t22-,23+/m1/s1. The van der Waals surface area contributed by atoms with Crippen LogP contribution in [0.15, 0.2) is 82.6 Å². The molecule has 1 N–H and O–H groups in total. The Morgan fingerprint density at radius 1 is 0.976 bits per heavy atom. The van der Waals surface area contributed by atoms with E-state index in [9.17, 15) is 22.4 Å². The van der Waals surface area contributed by atoms with Crippen LogP contribution in [0.25, 0.3) is 0 Å². The number of nitrogens with zero attached hydrogens (tertiary/aromatic N) is 2. The highest BCUT2D eigenvalue weighted by Crippen LogP contribution is 2.33. The first-order valence-electron chi connectivity index (χ1n) is 13.7. The number of amides is 2. The van der Waals surface area contributed by atoms with Gasteiger partial charge in [0.1, 0.15) is 24.2 Å². The van der Waals surface area contributed by atoms with E-state index in [4.69, 9.17) is 4.74 Å². The molecular formula is C31H38FN3O5S2. The van der Waals surface area contributed by atoms with Crippen molar-refractivity contribution in [1.29, 1.82) is 0 Å².